The van der Waals surface area contributed by atoms with Crippen LogP contribution in [0.2, 0.25) is 0 Å². The van der Waals surface area contributed by atoms with Crippen LogP contribution in [-0.2, 0) is 0 Å². The maximum atomic E-state index is 12.4. The van der Waals surface area contributed by atoms with Crippen LogP contribution in [0.5, 0.6) is 0 Å². The molecule has 2 heterocycles. The van der Waals surface area contributed by atoms with Crippen molar-refractivity contribution in [1.82, 2.24) is 19.3 Å². The van der Waals surface area contributed by atoms with E-state index in [9.17, 15) is 9.59 Å². The fourth-order valence-corrected chi connectivity index (χ4v) is 2.68. The number of rotatable bonds is 4. The van der Waals surface area contributed by atoms with Crippen LogP contribution in [0.4, 0.5) is 5.95 Å². The number of nitrogens with zero attached hydrogens (tertiary/aromatic N) is 4. The van der Waals surface area contributed by atoms with Crippen LogP contribution < -0.4 is 10.7 Å². The quantitative estimate of drug-likeness (QED) is 0.931. The molecule has 0 saturated heterocycles. The van der Waals surface area contributed by atoms with Gasteiger partial charge in [-0.25, -0.2) is 0 Å². The van der Waals surface area contributed by atoms with E-state index in [1.54, 1.807) is 12.5 Å². The molecule has 4 rings (SSSR count). The second-order valence-electron chi connectivity index (χ2n) is 6.08. The standard InChI is InChI=1S/C15H17N5O2/c1-9-6-13(21)12(7-19(9)10-2-3-10)14(22)17-15-18-16-8-20(15)11-4-5-11/h6-8,10-11H,2-5H2,1H3,(H,17,18,22). The minimum absolute atomic E-state index is 0.155. The molecule has 2 saturated carbocycles. The van der Waals surface area contributed by atoms with E-state index in [0.29, 0.717) is 18.0 Å². The van der Waals surface area contributed by atoms with E-state index in [0.717, 1.165) is 31.4 Å². The third-order valence-corrected chi connectivity index (χ3v) is 4.20. The van der Waals surface area contributed by atoms with Gasteiger partial charge in [0.25, 0.3) is 5.91 Å². The number of carbonyl (C=O) groups excluding carboxylic acids is 1. The lowest BCUT2D eigenvalue weighted by atomic mass is 10.2. The van der Waals surface area contributed by atoms with Gasteiger partial charge in [0.1, 0.15) is 11.9 Å². The summed E-state index contributed by atoms with van der Waals surface area (Å²) in [6.45, 7) is 1.89. The molecule has 2 aromatic heterocycles. The second kappa shape index (κ2) is 4.79. The van der Waals surface area contributed by atoms with Gasteiger partial charge in [-0.1, -0.05) is 0 Å². The molecule has 1 N–H and O–H groups in total. The Morgan fingerprint density at radius 3 is 2.59 bits per heavy atom. The van der Waals surface area contributed by atoms with Crippen LogP contribution in [0.1, 0.15) is 53.8 Å². The second-order valence-corrected chi connectivity index (χ2v) is 6.08. The van der Waals surface area contributed by atoms with Gasteiger partial charge in [-0.2, -0.15) is 0 Å². The molecule has 1 amide bonds. The molecular weight excluding hydrogens is 282 g/mol. The molecule has 2 aliphatic rings. The number of anilines is 1. The third kappa shape index (κ3) is 2.32. The molecule has 22 heavy (non-hydrogen) atoms. The topological polar surface area (TPSA) is 81.8 Å². The summed E-state index contributed by atoms with van der Waals surface area (Å²) in [7, 11) is 0. The SMILES string of the molecule is Cc1cc(=O)c(C(=O)Nc2nncn2C2CC2)cn1C1CC1. The molecule has 0 bridgehead atoms. The largest absolute Gasteiger partial charge is 0.348 e. The number of hydrogen-bond acceptors (Lipinski definition) is 4. The number of aryl methyl sites for hydroxylation is 1. The monoisotopic (exact) mass is 299 g/mol. The van der Waals surface area contributed by atoms with Crippen molar-refractivity contribution in [3.63, 3.8) is 0 Å². The van der Waals surface area contributed by atoms with Gasteiger partial charge in [0.15, 0.2) is 5.43 Å². The van der Waals surface area contributed by atoms with E-state index in [1.807, 2.05) is 16.1 Å². The zero-order chi connectivity index (χ0) is 15.3. The normalized spacial score (nSPS) is 17.5. The van der Waals surface area contributed by atoms with Crippen LogP contribution in [0, 0.1) is 6.92 Å². The van der Waals surface area contributed by atoms with Crippen LogP contribution in [0.15, 0.2) is 23.4 Å². The first-order valence-electron chi connectivity index (χ1n) is 7.57. The Labute approximate surface area is 127 Å². The summed E-state index contributed by atoms with van der Waals surface area (Å²) in [4.78, 5) is 24.5. The number of hydrogen-bond donors (Lipinski definition) is 1. The first-order chi connectivity index (χ1) is 10.6. The van der Waals surface area contributed by atoms with Crippen molar-refractivity contribution in [3.05, 3.63) is 40.1 Å². The Morgan fingerprint density at radius 1 is 1.23 bits per heavy atom. The predicted octanol–water partition coefficient (Wildman–Crippen LogP) is 1.67. The Bertz CT molecular complexity index is 799. The number of amides is 1. The number of nitrogens with one attached hydrogen (secondary N) is 1. The predicted molar refractivity (Wildman–Crippen MR) is 80.0 cm³/mol. The smallest absolute Gasteiger partial charge is 0.263 e. The molecule has 114 valence electrons. The van der Waals surface area contributed by atoms with Gasteiger partial charge in [0.2, 0.25) is 5.95 Å². The number of aromatic nitrogens is 4. The Balaban J connectivity index is 1.63. The summed E-state index contributed by atoms with van der Waals surface area (Å²) >= 11 is 0. The molecule has 0 radical (unpaired) electrons. The van der Waals surface area contributed by atoms with E-state index in [1.165, 1.54) is 6.07 Å². The molecule has 0 atom stereocenters. The van der Waals surface area contributed by atoms with Gasteiger partial charge in [-0.15, -0.1) is 10.2 Å². The van der Waals surface area contributed by atoms with E-state index >= 15 is 0 Å². The summed E-state index contributed by atoms with van der Waals surface area (Å²) in [5.41, 5.74) is 0.789. The highest BCUT2D eigenvalue weighted by atomic mass is 16.2. The van der Waals surface area contributed by atoms with Gasteiger partial charge in [0, 0.05) is 30.0 Å². The first-order valence-corrected chi connectivity index (χ1v) is 7.57. The summed E-state index contributed by atoms with van der Waals surface area (Å²) in [6, 6.07) is 2.31. The molecule has 0 unspecified atom stereocenters. The van der Waals surface area contributed by atoms with Crippen LogP contribution in [0.25, 0.3) is 0 Å². The van der Waals surface area contributed by atoms with E-state index in [2.05, 4.69) is 15.5 Å². The minimum atomic E-state index is -0.422. The Kier molecular flexibility index (Phi) is 2.88. The first kappa shape index (κ1) is 13.2. The van der Waals surface area contributed by atoms with Crippen LogP contribution >= 0.6 is 0 Å². The number of carbonyl (C=O) groups is 1. The molecule has 7 nitrogen and oxygen atoms in total. The van der Waals surface area contributed by atoms with Crippen LogP contribution in [-0.4, -0.2) is 25.2 Å². The molecule has 0 spiro atoms. The van der Waals surface area contributed by atoms with Crippen molar-refractivity contribution in [3.8, 4) is 0 Å². The molecule has 0 aliphatic heterocycles. The molecule has 7 heteroatoms. The summed E-state index contributed by atoms with van der Waals surface area (Å²) in [5, 5.41) is 10.5. The highest BCUT2D eigenvalue weighted by Crippen LogP contribution is 2.37. The summed E-state index contributed by atoms with van der Waals surface area (Å²) < 4.78 is 3.87. The molecule has 2 fully saturated rings. The summed E-state index contributed by atoms with van der Waals surface area (Å²) in [6.07, 6.45) is 7.62. The lowest BCUT2D eigenvalue weighted by Gasteiger charge is -2.11. The lowest BCUT2D eigenvalue weighted by Crippen LogP contribution is -2.25. The lowest BCUT2D eigenvalue weighted by molar-refractivity contribution is 0.102. The van der Waals surface area contributed by atoms with Gasteiger partial charge in [-0.05, 0) is 32.6 Å². The van der Waals surface area contributed by atoms with Crippen molar-refractivity contribution in [2.24, 2.45) is 0 Å². The van der Waals surface area contributed by atoms with Gasteiger partial charge in [0.05, 0.1) is 0 Å². The zero-order valence-electron chi connectivity index (χ0n) is 12.3. The van der Waals surface area contributed by atoms with Crippen molar-refractivity contribution < 1.29 is 4.79 Å². The molecule has 2 aliphatic carbocycles. The fraction of sp³-hybridized carbons (Fsp3) is 0.467. The third-order valence-electron chi connectivity index (χ3n) is 4.20. The number of pyridine rings is 1. The highest BCUT2D eigenvalue weighted by molar-refractivity contribution is 6.03. The zero-order valence-corrected chi connectivity index (χ0v) is 12.3. The Hall–Kier alpha value is -2.44. The fourth-order valence-electron chi connectivity index (χ4n) is 2.68. The highest BCUT2D eigenvalue weighted by Gasteiger charge is 2.28. The van der Waals surface area contributed by atoms with E-state index in [4.69, 9.17) is 0 Å². The maximum Gasteiger partial charge on any atom is 0.263 e. The van der Waals surface area contributed by atoms with E-state index < -0.39 is 5.91 Å². The van der Waals surface area contributed by atoms with Crippen molar-refractivity contribution in [1.29, 1.82) is 0 Å². The van der Waals surface area contributed by atoms with Gasteiger partial charge in [-0.3, -0.25) is 19.5 Å². The Morgan fingerprint density at radius 2 is 1.91 bits per heavy atom. The molecule has 0 aromatic carbocycles. The average Bonchev–Trinajstić information content (AvgIpc) is 3.39. The minimum Gasteiger partial charge on any atom is -0.348 e. The average molecular weight is 299 g/mol. The van der Waals surface area contributed by atoms with Crippen LogP contribution in [0.3, 0.4) is 0 Å². The van der Waals surface area contributed by atoms with Crippen molar-refractivity contribution in [2.45, 2.75) is 44.7 Å². The molecular formula is C15H17N5O2. The van der Waals surface area contributed by atoms with E-state index in [-0.39, 0.29) is 11.0 Å². The van der Waals surface area contributed by atoms with Gasteiger partial charge < -0.3 is 4.57 Å². The summed E-state index contributed by atoms with van der Waals surface area (Å²) in [5.74, 6) is -0.0141. The van der Waals surface area contributed by atoms with Gasteiger partial charge >= 0.3 is 0 Å². The maximum absolute atomic E-state index is 12.4. The van der Waals surface area contributed by atoms with Crippen molar-refractivity contribution >= 4 is 11.9 Å². The molecule has 2 aromatic rings. The van der Waals surface area contributed by atoms with Crippen molar-refractivity contribution in [2.75, 3.05) is 5.32 Å².